The van der Waals surface area contributed by atoms with E-state index in [0.717, 1.165) is 18.8 Å². The molecule has 6 rings (SSSR count). The van der Waals surface area contributed by atoms with Crippen molar-refractivity contribution in [3.8, 4) is 0 Å². The lowest BCUT2D eigenvalue weighted by atomic mass is 10.2. The van der Waals surface area contributed by atoms with E-state index in [1.165, 1.54) is 28.4 Å². The number of hydrogen-bond acceptors (Lipinski definition) is 7. The fourth-order valence-corrected chi connectivity index (χ4v) is 6.09. The molecule has 0 unspecified atom stereocenters. The highest BCUT2D eigenvalue weighted by Crippen LogP contribution is 2.22. The van der Waals surface area contributed by atoms with Crippen molar-refractivity contribution in [1.29, 1.82) is 0 Å². The van der Waals surface area contributed by atoms with Crippen LogP contribution in [0.25, 0.3) is 16.6 Å². The van der Waals surface area contributed by atoms with Crippen LogP contribution in [0.3, 0.4) is 0 Å². The van der Waals surface area contributed by atoms with Crippen molar-refractivity contribution in [2.24, 2.45) is 0 Å². The van der Waals surface area contributed by atoms with Crippen LogP contribution in [0.1, 0.15) is 12.1 Å². The Balaban J connectivity index is 1.19. The van der Waals surface area contributed by atoms with Gasteiger partial charge in [0.15, 0.2) is 5.16 Å². The molecule has 0 saturated carbocycles. The molecule has 1 fully saturated rings. The second-order valence-electron chi connectivity index (χ2n) is 9.77. The summed E-state index contributed by atoms with van der Waals surface area (Å²) in [5, 5.41) is 1.42. The highest BCUT2D eigenvalue weighted by atomic mass is 35.5. The zero-order chi connectivity index (χ0) is 28.3. The van der Waals surface area contributed by atoms with Gasteiger partial charge >= 0.3 is 0 Å². The van der Waals surface area contributed by atoms with Crippen molar-refractivity contribution in [2.45, 2.75) is 23.9 Å². The molecular weight excluding hydrogens is 560 g/mol. The van der Waals surface area contributed by atoms with Gasteiger partial charge in [-0.2, -0.15) is 0 Å². The maximum Gasteiger partial charge on any atom is 0.262 e. The van der Waals surface area contributed by atoms with Gasteiger partial charge in [-0.05, 0) is 36.4 Å². The first-order valence-electron chi connectivity index (χ1n) is 13.3. The summed E-state index contributed by atoms with van der Waals surface area (Å²) in [6.45, 7) is 3.00. The summed E-state index contributed by atoms with van der Waals surface area (Å²) in [4.78, 5) is 52.8. The van der Waals surface area contributed by atoms with Crippen LogP contribution in [-0.2, 0) is 17.1 Å². The van der Waals surface area contributed by atoms with E-state index in [2.05, 4.69) is 22.0 Å². The third kappa shape index (κ3) is 5.84. The first-order valence-corrected chi connectivity index (χ1v) is 14.7. The van der Waals surface area contributed by atoms with Crippen molar-refractivity contribution in [1.82, 2.24) is 23.8 Å². The molecule has 0 atom stereocenters. The maximum atomic E-state index is 13.5. The van der Waals surface area contributed by atoms with Gasteiger partial charge in [0, 0.05) is 62.8 Å². The van der Waals surface area contributed by atoms with E-state index in [4.69, 9.17) is 16.6 Å². The van der Waals surface area contributed by atoms with Gasteiger partial charge in [-0.1, -0.05) is 53.7 Å². The number of thioether (sulfide) groups is 1. The minimum absolute atomic E-state index is 0.0107. The van der Waals surface area contributed by atoms with Crippen LogP contribution >= 0.6 is 23.4 Å². The lowest BCUT2D eigenvalue weighted by Gasteiger charge is -2.36. The molecular formula is C30H27ClN6O3S. The highest BCUT2D eigenvalue weighted by Gasteiger charge is 2.22. The molecule has 41 heavy (non-hydrogen) atoms. The number of fused-ring (bicyclic) bond motifs is 2. The van der Waals surface area contributed by atoms with E-state index in [1.54, 1.807) is 34.9 Å². The Bertz CT molecular complexity index is 1850. The molecule has 1 saturated heterocycles. The summed E-state index contributed by atoms with van der Waals surface area (Å²) in [6, 6.07) is 22.2. The Kier molecular flexibility index (Phi) is 7.76. The SMILES string of the molecule is O=C(CCn1c(SCc2cc(=O)n3cc(Cl)ccc3n2)nc2ccccc2c1=O)N1CCN(c2ccccc2)CC1. The molecule has 1 aliphatic heterocycles. The second-order valence-corrected chi connectivity index (χ2v) is 11.2. The molecule has 11 heteroatoms. The number of halogens is 1. The molecule has 0 aliphatic carbocycles. The summed E-state index contributed by atoms with van der Waals surface area (Å²) >= 11 is 7.34. The third-order valence-corrected chi connectivity index (χ3v) is 8.39. The number of benzene rings is 2. The number of rotatable bonds is 7. The number of anilines is 1. The normalized spacial score (nSPS) is 13.7. The molecule has 2 aromatic carbocycles. The number of amides is 1. The number of para-hydroxylation sites is 2. The molecule has 0 radical (unpaired) electrons. The van der Waals surface area contributed by atoms with Crippen LogP contribution in [0.15, 0.2) is 93.7 Å². The Morgan fingerprint density at radius 1 is 0.902 bits per heavy atom. The summed E-state index contributed by atoms with van der Waals surface area (Å²) < 4.78 is 2.96. The Morgan fingerprint density at radius 3 is 2.46 bits per heavy atom. The number of carbonyl (C=O) groups is 1. The van der Waals surface area contributed by atoms with Gasteiger partial charge in [0.25, 0.3) is 11.1 Å². The van der Waals surface area contributed by atoms with Crippen LogP contribution in [0.2, 0.25) is 5.02 Å². The third-order valence-electron chi connectivity index (χ3n) is 7.16. The van der Waals surface area contributed by atoms with Crippen LogP contribution in [-0.4, -0.2) is 55.9 Å². The fourth-order valence-electron chi connectivity index (χ4n) is 5.01. The molecule has 208 valence electrons. The summed E-state index contributed by atoms with van der Waals surface area (Å²) in [5.41, 5.74) is 2.35. The van der Waals surface area contributed by atoms with Crippen LogP contribution in [0.4, 0.5) is 5.69 Å². The molecule has 4 heterocycles. The summed E-state index contributed by atoms with van der Waals surface area (Å²) in [5.74, 6) is 0.339. The second kappa shape index (κ2) is 11.8. The standard InChI is InChI=1S/C30H27ClN6O3S/c31-21-10-11-26-32-22(18-28(39)37(26)19-21)20-41-30-33-25-9-5-4-8-24(25)29(40)36(30)13-12-27(38)35-16-14-34(15-17-35)23-6-2-1-3-7-23/h1-11,18-19H,12-17,20H2. The van der Waals surface area contributed by atoms with Gasteiger partial charge in [-0.3, -0.25) is 23.4 Å². The quantitative estimate of drug-likeness (QED) is 0.209. The van der Waals surface area contributed by atoms with E-state index >= 15 is 0 Å². The van der Waals surface area contributed by atoms with Crippen molar-refractivity contribution in [2.75, 3.05) is 31.1 Å². The van der Waals surface area contributed by atoms with Crippen molar-refractivity contribution in [3.05, 3.63) is 110 Å². The minimum Gasteiger partial charge on any atom is -0.368 e. The Labute approximate surface area is 245 Å². The van der Waals surface area contributed by atoms with Crippen molar-refractivity contribution >= 4 is 51.5 Å². The van der Waals surface area contributed by atoms with Gasteiger partial charge in [0.1, 0.15) is 5.65 Å². The zero-order valence-corrected chi connectivity index (χ0v) is 23.7. The molecule has 0 bridgehead atoms. The monoisotopic (exact) mass is 586 g/mol. The van der Waals surface area contributed by atoms with Crippen molar-refractivity contribution < 1.29 is 4.79 Å². The Hall–Kier alpha value is -4.15. The molecule has 0 spiro atoms. The number of nitrogens with zero attached hydrogens (tertiary/aromatic N) is 6. The summed E-state index contributed by atoms with van der Waals surface area (Å²) in [6.07, 6.45) is 1.72. The van der Waals surface area contributed by atoms with E-state index in [9.17, 15) is 14.4 Å². The largest absolute Gasteiger partial charge is 0.368 e. The predicted octanol–water partition coefficient (Wildman–Crippen LogP) is 4.09. The summed E-state index contributed by atoms with van der Waals surface area (Å²) in [7, 11) is 0. The lowest BCUT2D eigenvalue weighted by Crippen LogP contribution is -2.49. The van der Waals surface area contributed by atoms with Crippen LogP contribution in [0, 0.1) is 0 Å². The lowest BCUT2D eigenvalue weighted by molar-refractivity contribution is -0.131. The minimum atomic E-state index is -0.241. The number of aromatic nitrogens is 4. The molecule has 3 aromatic heterocycles. The number of carbonyl (C=O) groups excluding carboxylic acids is 1. The smallest absolute Gasteiger partial charge is 0.262 e. The van der Waals surface area contributed by atoms with Crippen LogP contribution < -0.4 is 16.0 Å². The van der Waals surface area contributed by atoms with Gasteiger partial charge in [0.05, 0.1) is 21.6 Å². The van der Waals surface area contributed by atoms with Crippen molar-refractivity contribution in [3.63, 3.8) is 0 Å². The van der Waals surface area contributed by atoms with Gasteiger partial charge < -0.3 is 9.80 Å². The number of piperazine rings is 1. The van der Waals surface area contributed by atoms with E-state index in [0.29, 0.717) is 51.3 Å². The predicted molar refractivity (Wildman–Crippen MR) is 162 cm³/mol. The van der Waals surface area contributed by atoms with E-state index in [-0.39, 0.29) is 30.0 Å². The molecule has 0 N–H and O–H groups in total. The zero-order valence-electron chi connectivity index (χ0n) is 22.1. The first-order chi connectivity index (χ1) is 20.0. The number of pyridine rings is 1. The van der Waals surface area contributed by atoms with E-state index in [1.807, 2.05) is 29.2 Å². The Morgan fingerprint density at radius 2 is 1.66 bits per heavy atom. The molecule has 5 aromatic rings. The van der Waals surface area contributed by atoms with Crippen LogP contribution in [0.5, 0.6) is 0 Å². The average Bonchev–Trinajstić information content (AvgIpc) is 3.00. The topological polar surface area (TPSA) is 92.8 Å². The van der Waals surface area contributed by atoms with Gasteiger partial charge in [0.2, 0.25) is 5.91 Å². The van der Waals surface area contributed by atoms with Gasteiger partial charge in [-0.25, -0.2) is 9.97 Å². The molecule has 1 amide bonds. The first kappa shape index (κ1) is 27.0. The fraction of sp³-hybridized carbons (Fsp3) is 0.233. The van der Waals surface area contributed by atoms with E-state index < -0.39 is 0 Å². The molecule has 9 nitrogen and oxygen atoms in total. The average molecular weight is 587 g/mol. The highest BCUT2D eigenvalue weighted by molar-refractivity contribution is 7.98. The maximum absolute atomic E-state index is 13.5. The molecule has 1 aliphatic rings. The number of hydrogen-bond donors (Lipinski definition) is 0. The van der Waals surface area contributed by atoms with Gasteiger partial charge in [-0.15, -0.1) is 0 Å².